The van der Waals surface area contributed by atoms with E-state index in [1.165, 1.54) is 12.0 Å². The van der Waals surface area contributed by atoms with E-state index >= 15 is 0 Å². The Bertz CT molecular complexity index is 1400. The van der Waals surface area contributed by atoms with Gasteiger partial charge in [-0.05, 0) is 61.6 Å². The largest absolute Gasteiger partial charge is 0.465 e. The Morgan fingerprint density at radius 3 is 2.60 bits per heavy atom. The molecule has 2 aromatic carbocycles. The number of benzene rings is 2. The molecule has 1 aliphatic carbocycles. The van der Waals surface area contributed by atoms with Gasteiger partial charge in [-0.25, -0.2) is 9.79 Å². The molecule has 6 nitrogen and oxygen atoms in total. The standard InChI is InChI=1S/C28H24N2O4S/c1-33-28(32)21-12-6-5-11-20(21)23-16-15-19(34-23)17-29-27-25(22-13-7-8-14-24(22)35-27)26(31)30-18-9-3-2-4-10-18/h2-6,9-12,15-17H,7-8,13-14H2,1H3,(H,30,31). The first-order valence-electron chi connectivity index (χ1n) is 11.5. The minimum absolute atomic E-state index is 0.144. The van der Waals surface area contributed by atoms with Crippen LogP contribution >= 0.6 is 11.3 Å². The van der Waals surface area contributed by atoms with Crippen molar-refractivity contribution in [1.82, 2.24) is 0 Å². The Labute approximate surface area is 207 Å². The van der Waals surface area contributed by atoms with Gasteiger partial charge in [-0.2, -0.15) is 0 Å². The second-order valence-electron chi connectivity index (χ2n) is 8.21. The average Bonchev–Trinajstić information content (AvgIpc) is 3.52. The van der Waals surface area contributed by atoms with E-state index in [1.54, 1.807) is 41.8 Å². The molecule has 2 heterocycles. The van der Waals surface area contributed by atoms with Gasteiger partial charge in [-0.1, -0.05) is 36.4 Å². The number of thiophene rings is 1. The Morgan fingerprint density at radius 1 is 1.00 bits per heavy atom. The summed E-state index contributed by atoms with van der Waals surface area (Å²) in [6.45, 7) is 0. The summed E-state index contributed by atoms with van der Waals surface area (Å²) < 4.78 is 10.9. The number of esters is 1. The average molecular weight is 485 g/mol. The molecule has 2 aromatic heterocycles. The predicted octanol–water partition coefficient (Wildman–Crippen LogP) is 6.68. The maximum atomic E-state index is 13.3. The second-order valence-corrected chi connectivity index (χ2v) is 9.29. The predicted molar refractivity (Wildman–Crippen MR) is 138 cm³/mol. The molecule has 35 heavy (non-hydrogen) atoms. The molecule has 0 saturated heterocycles. The van der Waals surface area contributed by atoms with Gasteiger partial charge in [0.15, 0.2) is 0 Å². The van der Waals surface area contributed by atoms with E-state index in [1.807, 2.05) is 42.5 Å². The van der Waals surface area contributed by atoms with Crippen LogP contribution in [0.25, 0.3) is 11.3 Å². The lowest BCUT2D eigenvalue weighted by molar-refractivity contribution is 0.0601. The lowest BCUT2D eigenvalue weighted by atomic mass is 9.95. The number of furan rings is 1. The number of aryl methyl sites for hydroxylation is 1. The number of carbonyl (C=O) groups excluding carboxylic acids is 2. The van der Waals surface area contributed by atoms with Gasteiger partial charge in [0.1, 0.15) is 16.5 Å². The van der Waals surface area contributed by atoms with Crippen molar-refractivity contribution in [1.29, 1.82) is 0 Å². The summed E-state index contributed by atoms with van der Waals surface area (Å²) in [6, 6.07) is 20.2. The summed E-state index contributed by atoms with van der Waals surface area (Å²) in [5, 5.41) is 3.69. The monoisotopic (exact) mass is 484 g/mol. The highest BCUT2D eigenvalue weighted by Crippen LogP contribution is 2.40. The van der Waals surface area contributed by atoms with Crippen LogP contribution in [0.15, 0.2) is 76.1 Å². The van der Waals surface area contributed by atoms with E-state index in [-0.39, 0.29) is 5.91 Å². The van der Waals surface area contributed by atoms with Crippen molar-refractivity contribution < 1.29 is 18.7 Å². The molecule has 5 rings (SSSR count). The molecule has 7 heteroatoms. The van der Waals surface area contributed by atoms with Gasteiger partial charge in [0, 0.05) is 16.1 Å². The van der Waals surface area contributed by atoms with Crippen LogP contribution < -0.4 is 5.32 Å². The summed E-state index contributed by atoms with van der Waals surface area (Å²) >= 11 is 1.57. The molecule has 1 amide bonds. The summed E-state index contributed by atoms with van der Waals surface area (Å²) in [5.74, 6) is 0.501. The van der Waals surface area contributed by atoms with Gasteiger partial charge >= 0.3 is 5.97 Å². The zero-order chi connectivity index (χ0) is 24.2. The molecular weight excluding hydrogens is 460 g/mol. The third-order valence-electron chi connectivity index (χ3n) is 5.95. The first-order valence-corrected chi connectivity index (χ1v) is 12.3. The quantitative estimate of drug-likeness (QED) is 0.245. The number of rotatable bonds is 6. The minimum atomic E-state index is -0.426. The molecule has 0 spiro atoms. The topological polar surface area (TPSA) is 80.9 Å². The Hall–Kier alpha value is -3.97. The van der Waals surface area contributed by atoms with Crippen LogP contribution in [-0.4, -0.2) is 25.2 Å². The number of amides is 1. The van der Waals surface area contributed by atoms with E-state index < -0.39 is 5.97 Å². The number of carbonyl (C=O) groups is 2. The normalized spacial score (nSPS) is 12.9. The number of fused-ring (bicyclic) bond motifs is 1. The minimum Gasteiger partial charge on any atom is -0.465 e. The van der Waals surface area contributed by atoms with Gasteiger partial charge < -0.3 is 14.5 Å². The van der Waals surface area contributed by atoms with Crippen molar-refractivity contribution in [2.75, 3.05) is 12.4 Å². The number of hydrogen-bond acceptors (Lipinski definition) is 6. The van der Waals surface area contributed by atoms with Gasteiger partial charge in [-0.15, -0.1) is 11.3 Å². The highest BCUT2D eigenvalue weighted by molar-refractivity contribution is 7.16. The molecule has 0 bridgehead atoms. The number of methoxy groups -OCH3 is 1. The van der Waals surface area contributed by atoms with E-state index in [9.17, 15) is 9.59 Å². The first-order chi connectivity index (χ1) is 17.1. The molecule has 0 saturated carbocycles. The number of nitrogens with one attached hydrogen (secondary N) is 1. The summed E-state index contributed by atoms with van der Waals surface area (Å²) in [6.07, 6.45) is 5.67. The fraction of sp³-hybridized carbons (Fsp3) is 0.179. The highest BCUT2D eigenvalue weighted by Gasteiger charge is 2.25. The number of hydrogen-bond donors (Lipinski definition) is 1. The summed E-state index contributed by atoms with van der Waals surface area (Å²) in [4.78, 5) is 31.3. The molecule has 1 aliphatic rings. The van der Waals surface area contributed by atoms with E-state index in [4.69, 9.17) is 9.15 Å². The molecule has 0 fully saturated rings. The van der Waals surface area contributed by atoms with Crippen LogP contribution in [-0.2, 0) is 17.6 Å². The number of para-hydroxylation sites is 1. The highest BCUT2D eigenvalue weighted by atomic mass is 32.1. The van der Waals surface area contributed by atoms with Crippen molar-refractivity contribution in [2.45, 2.75) is 25.7 Å². The van der Waals surface area contributed by atoms with Crippen LogP contribution in [0, 0.1) is 0 Å². The van der Waals surface area contributed by atoms with Crippen molar-refractivity contribution in [2.24, 2.45) is 4.99 Å². The lowest BCUT2D eigenvalue weighted by Crippen LogP contribution is -2.14. The second kappa shape index (κ2) is 10.1. The Kier molecular flexibility index (Phi) is 6.59. The third-order valence-corrected chi connectivity index (χ3v) is 7.14. The van der Waals surface area contributed by atoms with Crippen LogP contribution in [0.4, 0.5) is 10.7 Å². The molecule has 1 N–H and O–H groups in total. The van der Waals surface area contributed by atoms with E-state index in [2.05, 4.69) is 10.3 Å². The molecule has 0 atom stereocenters. The number of ether oxygens (including phenoxy) is 1. The zero-order valence-corrected chi connectivity index (χ0v) is 20.1. The molecule has 176 valence electrons. The molecule has 4 aromatic rings. The van der Waals surface area contributed by atoms with Crippen molar-refractivity contribution in [3.63, 3.8) is 0 Å². The van der Waals surface area contributed by atoms with Gasteiger partial charge in [0.25, 0.3) is 5.91 Å². The number of aliphatic imine (C=N–C) groups is 1. The number of nitrogens with zero attached hydrogens (tertiary/aromatic N) is 1. The first kappa shape index (κ1) is 22.8. The zero-order valence-electron chi connectivity index (χ0n) is 19.2. The third kappa shape index (κ3) is 4.81. The molecule has 0 aliphatic heterocycles. The van der Waals surface area contributed by atoms with Crippen LogP contribution in [0.3, 0.4) is 0 Å². The molecule has 0 unspecified atom stereocenters. The maximum absolute atomic E-state index is 13.3. The maximum Gasteiger partial charge on any atom is 0.338 e. The van der Waals surface area contributed by atoms with Gasteiger partial charge in [0.2, 0.25) is 0 Å². The Morgan fingerprint density at radius 2 is 1.77 bits per heavy atom. The van der Waals surface area contributed by atoms with Crippen LogP contribution in [0.1, 0.15) is 49.8 Å². The fourth-order valence-corrected chi connectivity index (χ4v) is 5.50. The van der Waals surface area contributed by atoms with Crippen molar-refractivity contribution >= 4 is 40.1 Å². The SMILES string of the molecule is COC(=O)c1ccccc1-c1ccc(C=Nc2sc3c(c2C(=O)Nc2ccccc2)CCCC3)o1. The molecule has 0 radical (unpaired) electrons. The van der Waals surface area contributed by atoms with Crippen LogP contribution in [0.5, 0.6) is 0 Å². The lowest BCUT2D eigenvalue weighted by Gasteiger charge is -2.12. The summed E-state index contributed by atoms with van der Waals surface area (Å²) in [7, 11) is 1.35. The number of anilines is 1. The fourth-order valence-electron chi connectivity index (χ4n) is 4.27. The van der Waals surface area contributed by atoms with Gasteiger partial charge in [0.05, 0.1) is 24.5 Å². The summed E-state index contributed by atoms with van der Waals surface area (Å²) in [5.41, 5.74) is 3.58. The van der Waals surface area contributed by atoms with Crippen molar-refractivity contribution in [3.8, 4) is 11.3 Å². The van der Waals surface area contributed by atoms with E-state index in [0.29, 0.717) is 33.2 Å². The van der Waals surface area contributed by atoms with E-state index in [0.717, 1.165) is 36.9 Å². The molecular formula is C28H24N2O4S. The Balaban J connectivity index is 1.44. The van der Waals surface area contributed by atoms with Gasteiger partial charge in [-0.3, -0.25) is 4.79 Å². The van der Waals surface area contributed by atoms with Crippen LogP contribution in [0.2, 0.25) is 0 Å². The smallest absolute Gasteiger partial charge is 0.338 e. The van der Waals surface area contributed by atoms with Crippen molar-refractivity contribution in [3.05, 3.63) is 94.1 Å².